The third kappa shape index (κ3) is 3.72. The third-order valence-corrected chi connectivity index (χ3v) is 3.10. The summed E-state index contributed by atoms with van der Waals surface area (Å²) in [7, 11) is 1.51. The largest absolute Gasteiger partial charge is 0.493 e. The SMILES string of the molecule is CCOC(=O)c1cc(OC)c(OCCn2cccc2)cc1N. The third-order valence-electron chi connectivity index (χ3n) is 3.10. The Morgan fingerprint density at radius 2 is 1.95 bits per heavy atom. The van der Waals surface area contributed by atoms with E-state index in [0.717, 1.165) is 0 Å². The fourth-order valence-electron chi connectivity index (χ4n) is 2.01. The Bertz CT molecular complexity index is 623. The number of carbonyl (C=O) groups excluding carboxylic acids is 1. The second kappa shape index (κ2) is 7.40. The van der Waals surface area contributed by atoms with Gasteiger partial charge in [-0.2, -0.15) is 0 Å². The lowest BCUT2D eigenvalue weighted by Gasteiger charge is -2.14. The van der Waals surface area contributed by atoms with Gasteiger partial charge in [-0.3, -0.25) is 0 Å². The molecule has 2 rings (SSSR count). The van der Waals surface area contributed by atoms with Gasteiger partial charge in [0, 0.05) is 24.5 Å². The van der Waals surface area contributed by atoms with Crippen molar-refractivity contribution in [3.05, 3.63) is 42.2 Å². The lowest BCUT2D eigenvalue weighted by atomic mass is 10.1. The monoisotopic (exact) mass is 304 g/mol. The molecule has 1 aromatic heterocycles. The molecule has 0 aliphatic heterocycles. The molecule has 0 spiro atoms. The highest BCUT2D eigenvalue weighted by atomic mass is 16.5. The molecule has 0 atom stereocenters. The second-order valence-corrected chi connectivity index (χ2v) is 4.58. The Kier molecular flexibility index (Phi) is 5.30. The Labute approximate surface area is 129 Å². The molecule has 2 N–H and O–H groups in total. The van der Waals surface area contributed by atoms with E-state index in [0.29, 0.717) is 30.3 Å². The Hall–Kier alpha value is -2.63. The molecule has 2 aromatic rings. The number of aromatic nitrogens is 1. The van der Waals surface area contributed by atoms with Crippen LogP contribution in [0.3, 0.4) is 0 Å². The predicted molar refractivity (Wildman–Crippen MR) is 83.3 cm³/mol. The standard InChI is InChI=1S/C16H20N2O4/c1-3-21-16(19)12-10-14(20-2)15(11-13(12)17)22-9-8-18-6-4-5-7-18/h4-7,10-11H,3,8-9,17H2,1-2H3. The first-order valence-corrected chi connectivity index (χ1v) is 7.04. The zero-order valence-corrected chi connectivity index (χ0v) is 12.7. The van der Waals surface area contributed by atoms with Crippen LogP contribution in [0.1, 0.15) is 17.3 Å². The molecule has 0 amide bonds. The summed E-state index contributed by atoms with van der Waals surface area (Å²) in [6, 6.07) is 7.03. The van der Waals surface area contributed by atoms with Crippen LogP contribution < -0.4 is 15.2 Å². The number of esters is 1. The summed E-state index contributed by atoms with van der Waals surface area (Å²) in [4.78, 5) is 11.8. The lowest BCUT2D eigenvalue weighted by Crippen LogP contribution is -2.11. The van der Waals surface area contributed by atoms with Crippen LogP contribution in [0, 0.1) is 0 Å². The van der Waals surface area contributed by atoms with Crippen LogP contribution in [0.4, 0.5) is 5.69 Å². The van der Waals surface area contributed by atoms with Crippen molar-refractivity contribution in [1.29, 1.82) is 0 Å². The number of nitrogens with zero attached hydrogens (tertiary/aromatic N) is 1. The van der Waals surface area contributed by atoms with Gasteiger partial charge in [-0.15, -0.1) is 0 Å². The highest BCUT2D eigenvalue weighted by molar-refractivity contribution is 5.96. The topological polar surface area (TPSA) is 75.7 Å². The average Bonchev–Trinajstić information content (AvgIpc) is 3.01. The molecular formula is C16H20N2O4. The molecule has 0 saturated heterocycles. The van der Waals surface area contributed by atoms with Gasteiger partial charge in [0.05, 0.1) is 31.5 Å². The minimum Gasteiger partial charge on any atom is -0.493 e. The molecule has 0 aliphatic carbocycles. The lowest BCUT2D eigenvalue weighted by molar-refractivity contribution is 0.0527. The molecule has 0 aliphatic rings. The van der Waals surface area contributed by atoms with E-state index >= 15 is 0 Å². The number of hydrogen-bond acceptors (Lipinski definition) is 5. The number of anilines is 1. The van der Waals surface area contributed by atoms with E-state index in [1.807, 2.05) is 29.1 Å². The summed E-state index contributed by atoms with van der Waals surface area (Å²) in [5.41, 5.74) is 6.48. The van der Waals surface area contributed by atoms with Crippen LogP contribution in [0.15, 0.2) is 36.7 Å². The number of nitrogens with two attached hydrogens (primary N) is 1. The Balaban J connectivity index is 2.10. The summed E-state index contributed by atoms with van der Waals surface area (Å²) < 4.78 is 17.9. The van der Waals surface area contributed by atoms with Crippen LogP contribution in [-0.4, -0.2) is 30.9 Å². The van der Waals surface area contributed by atoms with Gasteiger partial charge in [-0.25, -0.2) is 4.79 Å². The molecule has 1 aromatic carbocycles. The van der Waals surface area contributed by atoms with Crippen LogP contribution in [0.5, 0.6) is 11.5 Å². The van der Waals surface area contributed by atoms with Crippen molar-refractivity contribution < 1.29 is 19.0 Å². The van der Waals surface area contributed by atoms with Gasteiger partial charge in [-0.1, -0.05) is 0 Å². The first-order chi connectivity index (χ1) is 10.7. The molecule has 1 heterocycles. The van der Waals surface area contributed by atoms with Gasteiger partial charge >= 0.3 is 5.97 Å². The van der Waals surface area contributed by atoms with Gasteiger partial charge in [0.25, 0.3) is 0 Å². The van der Waals surface area contributed by atoms with Gasteiger partial charge < -0.3 is 24.5 Å². The predicted octanol–water partition coefficient (Wildman–Crippen LogP) is 2.33. The molecule has 22 heavy (non-hydrogen) atoms. The molecule has 0 unspecified atom stereocenters. The number of methoxy groups -OCH3 is 1. The number of benzene rings is 1. The number of nitrogen functional groups attached to an aromatic ring is 1. The molecule has 0 saturated carbocycles. The van der Waals surface area contributed by atoms with Gasteiger partial charge in [-0.05, 0) is 19.1 Å². The van der Waals surface area contributed by atoms with Crippen LogP contribution in [-0.2, 0) is 11.3 Å². The van der Waals surface area contributed by atoms with E-state index in [1.54, 1.807) is 19.1 Å². The fourth-order valence-corrected chi connectivity index (χ4v) is 2.01. The Morgan fingerprint density at radius 3 is 2.59 bits per heavy atom. The molecule has 0 radical (unpaired) electrons. The van der Waals surface area contributed by atoms with E-state index in [9.17, 15) is 4.79 Å². The maximum absolute atomic E-state index is 11.8. The smallest absolute Gasteiger partial charge is 0.340 e. The normalized spacial score (nSPS) is 10.3. The number of ether oxygens (including phenoxy) is 3. The fraction of sp³-hybridized carbons (Fsp3) is 0.312. The maximum atomic E-state index is 11.8. The van der Waals surface area contributed by atoms with E-state index < -0.39 is 5.97 Å². The first-order valence-electron chi connectivity index (χ1n) is 7.04. The van der Waals surface area contributed by atoms with Crippen molar-refractivity contribution in [1.82, 2.24) is 4.57 Å². The summed E-state index contributed by atoms with van der Waals surface area (Å²) in [5.74, 6) is 0.474. The maximum Gasteiger partial charge on any atom is 0.340 e. The summed E-state index contributed by atoms with van der Waals surface area (Å²) in [6.45, 7) is 3.19. The molecule has 118 valence electrons. The highest BCUT2D eigenvalue weighted by Crippen LogP contribution is 2.32. The van der Waals surface area contributed by atoms with Crippen molar-refractivity contribution in [2.75, 3.05) is 26.1 Å². The van der Waals surface area contributed by atoms with Gasteiger partial charge in [0.15, 0.2) is 11.5 Å². The van der Waals surface area contributed by atoms with Crippen molar-refractivity contribution in [2.24, 2.45) is 0 Å². The molecule has 6 heteroatoms. The summed E-state index contributed by atoms with van der Waals surface area (Å²) >= 11 is 0. The van der Waals surface area contributed by atoms with E-state index in [2.05, 4.69) is 0 Å². The van der Waals surface area contributed by atoms with Gasteiger partial charge in [0.2, 0.25) is 0 Å². The van der Waals surface area contributed by atoms with Crippen LogP contribution in [0.25, 0.3) is 0 Å². The zero-order valence-electron chi connectivity index (χ0n) is 12.7. The number of rotatable bonds is 7. The van der Waals surface area contributed by atoms with E-state index in [4.69, 9.17) is 19.9 Å². The minimum absolute atomic E-state index is 0.274. The minimum atomic E-state index is -0.475. The molecule has 0 bridgehead atoms. The van der Waals surface area contributed by atoms with Crippen molar-refractivity contribution in [2.45, 2.75) is 13.5 Å². The van der Waals surface area contributed by atoms with Gasteiger partial charge in [0.1, 0.15) is 6.61 Å². The first kappa shape index (κ1) is 15.8. The average molecular weight is 304 g/mol. The summed E-state index contributed by atoms with van der Waals surface area (Å²) in [5, 5.41) is 0. The van der Waals surface area contributed by atoms with Crippen molar-refractivity contribution in [3.63, 3.8) is 0 Å². The zero-order chi connectivity index (χ0) is 15.9. The highest BCUT2D eigenvalue weighted by Gasteiger charge is 2.16. The number of hydrogen-bond donors (Lipinski definition) is 1. The Morgan fingerprint density at radius 1 is 1.23 bits per heavy atom. The second-order valence-electron chi connectivity index (χ2n) is 4.58. The quantitative estimate of drug-likeness (QED) is 0.627. The van der Waals surface area contributed by atoms with E-state index in [1.165, 1.54) is 7.11 Å². The van der Waals surface area contributed by atoms with Crippen LogP contribution >= 0.6 is 0 Å². The molecular weight excluding hydrogens is 284 g/mol. The molecule has 6 nitrogen and oxygen atoms in total. The number of carbonyl (C=O) groups is 1. The summed E-state index contributed by atoms with van der Waals surface area (Å²) in [6.07, 6.45) is 3.91. The molecule has 0 fully saturated rings. The van der Waals surface area contributed by atoms with Crippen LogP contribution in [0.2, 0.25) is 0 Å². The van der Waals surface area contributed by atoms with Crippen molar-refractivity contribution >= 4 is 11.7 Å². The van der Waals surface area contributed by atoms with E-state index in [-0.39, 0.29) is 12.2 Å². The van der Waals surface area contributed by atoms with Crippen molar-refractivity contribution in [3.8, 4) is 11.5 Å².